The Morgan fingerprint density at radius 3 is 2.48 bits per heavy atom. The summed E-state index contributed by atoms with van der Waals surface area (Å²) < 4.78 is 26.9. The van der Waals surface area contributed by atoms with Crippen molar-refractivity contribution in [2.45, 2.75) is 32.2 Å². The second-order valence-electron chi connectivity index (χ2n) is 7.85. The molecule has 29 heavy (non-hydrogen) atoms. The van der Waals surface area contributed by atoms with Crippen LogP contribution in [0.25, 0.3) is 0 Å². The second-order valence-corrected chi connectivity index (χ2v) is 7.85. The van der Waals surface area contributed by atoms with Crippen LogP contribution >= 0.6 is 0 Å². The van der Waals surface area contributed by atoms with Gasteiger partial charge < -0.3 is 4.90 Å². The summed E-state index contributed by atoms with van der Waals surface area (Å²) in [5, 5.41) is 0. The van der Waals surface area contributed by atoms with Crippen molar-refractivity contribution in [3.63, 3.8) is 0 Å². The molecule has 0 saturated carbocycles. The quantitative estimate of drug-likeness (QED) is 0.789. The van der Waals surface area contributed by atoms with E-state index in [-0.39, 0.29) is 11.7 Å². The number of halogens is 2. The van der Waals surface area contributed by atoms with Crippen LogP contribution in [0, 0.1) is 11.6 Å². The summed E-state index contributed by atoms with van der Waals surface area (Å²) in [6.07, 6.45) is 3.05. The Labute approximate surface area is 169 Å². The normalized spacial score (nSPS) is 17.7. The van der Waals surface area contributed by atoms with Crippen LogP contribution in [-0.2, 0) is 13.0 Å². The molecule has 4 nitrogen and oxygen atoms in total. The van der Waals surface area contributed by atoms with Crippen LogP contribution in [0.15, 0.2) is 36.4 Å². The van der Waals surface area contributed by atoms with Crippen molar-refractivity contribution in [3.05, 3.63) is 70.3 Å². The number of carbonyl (C=O) groups excluding carboxylic acids is 2. The van der Waals surface area contributed by atoms with Crippen LogP contribution in [0.4, 0.5) is 8.78 Å². The third kappa shape index (κ3) is 4.53. The minimum absolute atomic E-state index is 0.0236. The first-order chi connectivity index (χ1) is 14.0. The Hall–Kier alpha value is -2.60. The maximum atomic E-state index is 13.4. The Kier molecular flexibility index (Phi) is 5.72. The first-order valence-electron chi connectivity index (χ1n) is 10.1. The van der Waals surface area contributed by atoms with Gasteiger partial charge in [-0.2, -0.15) is 0 Å². The monoisotopic (exact) mass is 398 g/mol. The third-order valence-corrected chi connectivity index (χ3v) is 5.71. The lowest BCUT2D eigenvalue weighted by molar-refractivity contribution is 0.0760. The number of hydrogen-bond donors (Lipinski definition) is 0. The highest BCUT2D eigenvalue weighted by Crippen LogP contribution is 2.23. The molecular formula is C23H24F2N2O2. The van der Waals surface area contributed by atoms with E-state index < -0.39 is 11.6 Å². The molecule has 4 rings (SSSR count). The number of fused-ring (bicyclic) bond motifs is 1. The second kappa shape index (κ2) is 8.41. The van der Waals surface area contributed by atoms with Crippen LogP contribution in [0.2, 0.25) is 0 Å². The molecule has 0 radical (unpaired) electrons. The predicted molar refractivity (Wildman–Crippen MR) is 106 cm³/mol. The van der Waals surface area contributed by atoms with Crippen LogP contribution in [-0.4, -0.2) is 47.7 Å². The third-order valence-electron chi connectivity index (χ3n) is 5.71. The van der Waals surface area contributed by atoms with Crippen molar-refractivity contribution >= 4 is 11.7 Å². The van der Waals surface area contributed by atoms with E-state index in [1.165, 1.54) is 12.1 Å². The van der Waals surface area contributed by atoms with Gasteiger partial charge in [-0.25, -0.2) is 8.78 Å². The van der Waals surface area contributed by atoms with Crippen molar-refractivity contribution in [2.75, 3.05) is 26.2 Å². The lowest BCUT2D eigenvalue weighted by atomic mass is 9.89. The average Bonchev–Trinajstić information content (AvgIpc) is 2.92. The van der Waals surface area contributed by atoms with E-state index in [4.69, 9.17) is 0 Å². The lowest BCUT2D eigenvalue weighted by Crippen LogP contribution is -2.35. The zero-order valence-corrected chi connectivity index (χ0v) is 16.3. The van der Waals surface area contributed by atoms with Gasteiger partial charge in [0.15, 0.2) is 5.78 Å². The molecule has 1 aliphatic heterocycles. The summed E-state index contributed by atoms with van der Waals surface area (Å²) in [6.45, 7) is 3.07. The van der Waals surface area contributed by atoms with E-state index in [2.05, 4.69) is 4.90 Å². The van der Waals surface area contributed by atoms with Gasteiger partial charge in [-0.05, 0) is 54.7 Å². The minimum atomic E-state index is -0.572. The number of Topliss-reactive ketones (excluding diaryl/α,β-unsaturated/α-hetero) is 1. The Morgan fingerprint density at radius 2 is 1.69 bits per heavy atom. The smallest absolute Gasteiger partial charge is 0.253 e. The fourth-order valence-electron chi connectivity index (χ4n) is 4.25. The topological polar surface area (TPSA) is 40.6 Å². The molecule has 0 N–H and O–H groups in total. The molecule has 1 saturated heterocycles. The lowest BCUT2D eigenvalue weighted by Gasteiger charge is -2.23. The first kappa shape index (κ1) is 19.7. The molecule has 2 aliphatic rings. The predicted octanol–water partition coefficient (Wildman–Crippen LogP) is 3.83. The van der Waals surface area contributed by atoms with Gasteiger partial charge in [0, 0.05) is 56.3 Å². The fraction of sp³-hybridized carbons (Fsp3) is 0.391. The zero-order chi connectivity index (χ0) is 20.4. The molecule has 0 aromatic heterocycles. The van der Waals surface area contributed by atoms with E-state index in [0.29, 0.717) is 43.7 Å². The van der Waals surface area contributed by atoms with Crippen molar-refractivity contribution < 1.29 is 18.4 Å². The maximum absolute atomic E-state index is 13.4. The number of nitrogens with zero attached hydrogens (tertiary/aromatic N) is 2. The molecule has 6 heteroatoms. The number of hydrogen-bond acceptors (Lipinski definition) is 3. The van der Waals surface area contributed by atoms with Crippen LogP contribution in [0.3, 0.4) is 0 Å². The van der Waals surface area contributed by atoms with Gasteiger partial charge in [0.1, 0.15) is 11.6 Å². The molecule has 152 valence electrons. The number of rotatable bonds is 3. The number of carbonyl (C=O) groups is 2. The van der Waals surface area contributed by atoms with Gasteiger partial charge >= 0.3 is 0 Å². The van der Waals surface area contributed by atoms with Crippen molar-refractivity contribution in [1.29, 1.82) is 0 Å². The fourth-order valence-corrected chi connectivity index (χ4v) is 4.25. The summed E-state index contributed by atoms with van der Waals surface area (Å²) in [5.74, 6) is -1.01. The molecule has 2 aromatic carbocycles. The Balaban J connectivity index is 1.41. The summed E-state index contributed by atoms with van der Waals surface area (Å²) in [6, 6.07) is 8.98. The summed E-state index contributed by atoms with van der Waals surface area (Å²) >= 11 is 0. The van der Waals surface area contributed by atoms with Crippen molar-refractivity contribution in [3.8, 4) is 0 Å². The van der Waals surface area contributed by atoms with E-state index in [0.717, 1.165) is 43.0 Å². The minimum Gasteiger partial charge on any atom is -0.337 e. The van der Waals surface area contributed by atoms with Crippen LogP contribution in [0.1, 0.15) is 51.1 Å². The van der Waals surface area contributed by atoms with E-state index in [1.54, 1.807) is 12.1 Å². The van der Waals surface area contributed by atoms with Crippen LogP contribution < -0.4 is 0 Å². The molecule has 0 spiro atoms. The molecule has 1 heterocycles. The molecule has 2 aromatic rings. The van der Waals surface area contributed by atoms with Gasteiger partial charge in [0.05, 0.1) is 0 Å². The number of benzene rings is 2. The first-order valence-corrected chi connectivity index (χ1v) is 10.1. The van der Waals surface area contributed by atoms with E-state index in [1.807, 2.05) is 11.0 Å². The molecule has 0 atom stereocenters. The number of aryl methyl sites for hydroxylation is 1. The van der Waals surface area contributed by atoms with Gasteiger partial charge in [-0.1, -0.05) is 6.07 Å². The van der Waals surface area contributed by atoms with Gasteiger partial charge in [0.2, 0.25) is 0 Å². The molecule has 1 amide bonds. The van der Waals surface area contributed by atoms with Gasteiger partial charge in [-0.3, -0.25) is 14.5 Å². The van der Waals surface area contributed by atoms with E-state index in [9.17, 15) is 18.4 Å². The van der Waals surface area contributed by atoms with Crippen molar-refractivity contribution in [1.82, 2.24) is 9.80 Å². The summed E-state index contributed by atoms with van der Waals surface area (Å²) in [4.78, 5) is 28.9. The Morgan fingerprint density at radius 1 is 0.897 bits per heavy atom. The van der Waals surface area contributed by atoms with Gasteiger partial charge in [0.25, 0.3) is 5.91 Å². The molecule has 0 bridgehead atoms. The average molecular weight is 398 g/mol. The SMILES string of the molecule is O=C1CCCc2cc(C(=O)N3CCCN(Cc4cc(F)cc(F)c4)CC3)ccc21. The maximum Gasteiger partial charge on any atom is 0.253 e. The Bertz CT molecular complexity index is 924. The summed E-state index contributed by atoms with van der Waals surface area (Å²) in [7, 11) is 0. The zero-order valence-electron chi connectivity index (χ0n) is 16.3. The molecule has 1 aliphatic carbocycles. The highest BCUT2D eigenvalue weighted by Gasteiger charge is 2.23. The molecular weight excluding hydrogens is 374 g/mol. The molecule has 1 fully saturated rings. The largest absolute Gasteiger partial charge is 0.337 e. The molecule has 0 unspecified atom stereocenters. The highest BCUT2D eigenvalue weighted by molar-refractivity contribution is 6.01. The highest BCUT2D eigenvalue weighted by atomic mass is 19.1. The van der Waals surface area contributed by atoms with Crippen molar-refractivity contribution in [2.24, 2.45) is 0 Å². The standard InChI is InChI=1S/C23H24F2N2O2/c24-19-11-16(12-20(25)14-19)15-26-7-2-8-27(10-9-26)23(29)18-5-6-21-17(13-18)3-1-4-22(21)28/h5-6,11-14H,1-4,7-10,15H2. The van der Waals surface area contributed by atoms with E-state index >= 15 is 0 Å². The van der Waals surface area contributed by atoms with Gasteiger partial charge in [-0.15, -0.1) is 0 Å². The number of amides is 1. The van der Waals surface area contributed by atoms with Crippen LogP contribution in [0.5, 0.6) is 0 Å². The number of ketones is 1. The summed E-state index contributed by atoms with van der Waals surface area (Å²) in [5.41, 5.74) is 2.94.